The zero-order valence-electron chi connectivity index (χ0n) is 17.9. The van der Waals surface area contributed by atoms with Crippen LogP contribution in [0, 0.1) is 0 Å². The van der Waals surface area contributed by atoms with Crippen LogP contribution < -0.4 is 4.74 Å². The first-order valence-corrected chi connectivity index (χ1v) is 12.7. The average Bonchev–Trinajstić information content (AvgIpc) is 3.60. The highest BCUT2D eigenvalue weighted by atomic mass is 32.2. The number of methoxy groups -OCH3 is 1. The number of nitrogens with zero attached hydrogens (tertiary/aromatic N) is 5. The van der Waals surface area contributed by atoms with E-state index >= 15 is 0 Å². The quantitative estimate of drug-likeness (QED) is 0.304. The number of hydrogen-bond acceptors (Lipinski definition) is 8. The van der Waals surface area contributed by atoms with Gasteiger partial charge in [0, 0.05) is 17.3 Å². The summed E-state index contributed by atoms with van der Waals surface area (Å²) in [6, 6.07) is 12.4. The molecule has 1 saturated carbocycles. The molecular weight excluding hydrogens is 442 g/mol. The number of thiophene rings is 1. The Labute approximate surface area is 195 Å². The third kappa shape index (κ3) is 4.59. The Morgan fingerprint density at radius 1 is 1.12 bits per heavy atom. The van der Waals surface area contributed by atoms with Crippen LogP contribution in [0.1, 0.15) is 54.7 Å². The van der Waals surface area contributed by atoms with Crippen molar-refractivity contribution in [2.75, 3.05) is 7.11 Å². The normalized spacial score (nSPS) is 14.7. The third-order valence-electron chi connectivity index (χ3n) is 5.73. The van der Waals surface area contributed by atoms with Crippen molar-refractivity contribution in [1.82, 2.24) is 24.9 Å². The predicted molar refractivity (Wildman–Crippen MR) is 125 cm³/mol. The maximum Gasteiger partial charge on any atom is 0.237 e. The van der Waals surface area contributed by atoms with Crippen molar-refractivity contribution in [3.8, 4) is 17.1 Å². The van der Waals surface area contributed by atoms with Gasteiger partial charge in [-0.3, -0.25) is 0 Å². The second kappa shape index (κ2) is 9.87. The topological polar surface area (TPSA) is 78.9 Å². The van der Waals surface area contributed by atoms with Crippen molar-refractivity contribution < 1.29 is 9.26 Å². The molecule has 0 bridgehead atoms. The van der Waals surface area contributed by atoms with Gasteiger partial charge >= 0.3 is 0 Å². The summed E-state index contributed by atoms with van der Waals surface area (Å²) in [7, 11) is 1.64. The number of thioether (sulfide) groups is 1. The van der Waals surface area contributed by atoms with Crippen LogP contribution in [0.2, 0.25) is 0 Å². The molecule has 0 N–H and O–H groups in total. The highest BCUT2D eigenvalue weighted by molar-refractivity contribution is 7.98. The van der Waals surface area contributed by atoms with Gasteiger partial charge in [0.25, 0.3) is 0 Å². The van der Waals surface area contributed by atoms with Crippen molar-refractivity contribution >= 4 is 23.1 Å². The zero-order valence-corrected chi connectivity index (χ0v) is 19.6. The third-order valence-corrected chi connectivity index (χ3v) is 7.53. The van der Waals surface area contributed by atoms with E-state index in [1.807, 2.05) is 24.3 Å². The molecule has 3 heterocycles. The lowest BCUT2D eigenvalue weighted by Gasteiger charge is -2.25. The van der Waals surface area contributed by atoms with Gasteiger partial charge in [0.05, 0.1) is 18.4 Å². The molecular formula is C23H25N5O2S2. The van der Waals surface area contributed by atoms with E-state index in [0.717, 1.165) is 28.7 Å². The Kier molecular flexibility index (Phi) is 6.54. The molecule has 9 heteroatoms. The van der Waals surface area contributed by atoms with Crippen molar-refractivity contribution in [1.29, 1.82) is 0 Å². The van der Waals surface area contributed by atoms with E-state index in [-0.39, 0.29) is 0 Å². The molecule has 0 unspecified atom stereocenters. The maximum atomic E-state index is 5.52. The van der Waals surface area contributed by atoms with Gasteiger partial charge in [-0.2, -0.15) is 4.98 Å². The van der Waals surface area contributed by atoms with Gasteiger partial charge in [0.2, 0.25) is 11.7 Å². The van der Waals surface area contributed by atoms with Crippen LogP contribution in [-0.4, -0.2) is 32.0 Å². The first kappa shape index (κ1) is 21.2. The summed E-state index contributed by atoms with van der Waals surface area (Å²) in [6.07, 6.45) is 7.02. The van der Waals surface area contributed by atoms with Gasteiger partial charge in [-0.05, 0) is 36.4 Å². The van der Waals surface area contributed by atoms with Gasteiger partial charge in [-0.25, -0.2) is 0 Å². The molecule has 0 atom stereocenters. The van der Waals surface area contributed by atoms with Crippen molar-refractivity contribution in [2.24, 2.45) is 0 Å². The molecule has 1 aliphatic carbocycles. The highest BCUT2D eigenvalue weighted by Crippen LogP contribution is 2.35. The van der Waals surface area contributed by atoms with E-state index in [4.69, 9.17) is 9.26 Å². The largest absolute Gasteiger partial charge is 0.496 e. The zero-order chi connectivity index (χ0) is 21.8. The Morgan fingerprint density at radius 2 is 2.00 bits per heavy atom. The lowest BCUT2D eigenvalue weighted by Crippen LogP contribution is -2.16. The summed E-state index contributed by atoms with van der Waals surface area (Å²) in [5.74, 6) is 3.41. The number of aromatic nitrogens is 5. The summed E-state index contributed by atoms with van der Waals surface area (Å²) in [5, 5.41) is 16.3. The van der Waals surface area contributed by atoms with Crippen molar-refractivity contribution in [3.05, 3.63) is 58.4 Å². The van der Waals surface area contributed by atoms with Gasteiger partial charge in [0.1, 0.15) is 11.6 Å². The number of ether oxygens (including phenoxy) is 1. The SMILES string of the molecule is COc1ccccc1-c1noc(CSc2nnc(Cc3cccs3)n2C2CCCCC2)n1. The molecule has 1 fully saturated rings. The Balaban J connectivity index is 1.35. The van der Waals surface area contributed by atoms with Crippen molar-refractivity contribution in [2.45, 2.75) is 55.5 Å². The first-order chi connectivity index (χ1) is 15.8. The first-order valence-electron chi connectivity index (χ1n) is 10.9. The molecule has 0 amide bonds. The van der Waals surface area contributed by atoms with Gasteiger partial charge in [-0.1, -0.05) is 54.4 Å². The summed E-state index contributed by atoms with van der Waals surface area (Å²) >= 11 is 3.38. The van der Waals surface area contributed by atoms with Crippen LogP contribution in [0.25, 0.3) is 11.4 Å². The van der Waals surface area contributed by atoms with Crippen LogP contribution in [0.5, 0.6) is 5.75 Å². The molecule has 5 rings (SSSR count). The molecule has 3 aromatic heterocycles. The molecule has 0 spiro atoms. The fourth-order valence-corrected chi connectivity index (χ4v) is 5.74. The molecule has 32 heavy (non-hydrogen) atoms. The summed E-state index contributed by atoms with van der Waals surface area (Å²) in [4.78, 5) is 5.89. The monoisotopic (exact) mass is 467 g/mol. The van der Waals surface area contributed by atoms with Crippen LogP contribution in [0.3, 0.4) is 0 Å². The predicted octanol–water partition coefficient (Wildman–Crippen LogP) is 5.79. The minimum Gasteiger partial charge on any atom is -0.496 e. The molecule has 7 nitrogen and oxygen atoms in total. The highest BCUT2D eigenvalue weighted by Gasteiger charge is 2.24. The minimum absolute atomic E-state index is 0.461. The van der Waals surface area contributed by atoms with Gasteiger partial charge in [-0.15, -0.1) is 21.5 Å². The Morgan fingerprint density at radius 3 is 2.81 bits per heavy atom. The molecule has 1 aliphatic rings. The molecule has 166 valence electrons. The standard InChI is InChI=1S/C23H25N5O2S2/c1-29-19-12-6-5-11-18(19)22-24-21(30-27-22)15-32-23-26-25-20(14-17-10-7-13-31-17)28(23)16-8-3-2-4-9-16/h5-7,10-13,16H,2-4,8-9,14-15H2,1H3. The van der Waals surface area contributed by atoms with Gasteiger partial charge in [0.15, 0.2) is 5.16 Å². The minimum atomic E-state index is 0.461. The van der Waals surface area contributed by atoms with E-state index in [9.17, 15) is 0 Å². The number of hydrogen-bond donors (Lipinski definition) is 0. The summed E-state index contributed by atoms with van der Waals surface area (Å²) < 4.78 is 13.3. The smallest absolute Gasteiger partial charge is 0.237 e. The molecule has 1 aromatic carbocycles. The summed E-state index contributed by atoms with van der Waals surface area (Å²) in [5.41, 5.74) is 0.818. The van der Waals surface area contributed by atoms with Gasteiger partial charge < -0.3 is 13.8 Å². The van der Waals surface area contributed by atoms with E-state index in [1.54, 1.807) is 30.2 Å². The summed E-state index contributed by atoms with van der Waals surface area (Å²) in [6.45, 7) is 0. The Bertz CT molecular complexity index is 1150. The van der Waals surface area contributed by atoms with E-state index in [0.29, 0.717) is 23.5 Å². The molecule has 4 aromatic rings. The van der Waals surface area contributed by atoms with Crippen LogP contribution in [0.15, 0.2) is 51.5 Å². The molecule has 0 aliphatic heterocycles. The lowest BCUT2D eigenvalue weighted by atomic mass is 9.95. The average molecular weight is 468 g/mol. The maximum absolute atomic E-state index is 5.52. The van der Waals surface area contributed by atoms with E-state index < -0.39 is 0 Å². The van der Waals surface area contributed by atoms with Crippen LogP contribution in [-0.2, 0) is 12.2 Å². The van der Waals surface area contributed by atoms with Crippen LogP contribution >= 0.6 is 23.1 Å². The second-order valence-corrected chi connectivity index (χ2v) is 9.79. The Hall–Kier alpha value is -2.65. The number of para-hydroxylation sites is 1. The molecule has 0 saturated heterocycles. The fraction of sp³-hybridized carbons (Fsp3) is 0.391. The second-order valence-electron chi connectivity index (χ2n) is 7.82. The molecule has 0 radical (unpaired) electrons. The fourth-order valence-electron chi connectivity index (χ4n) is 4.18. The number of rotatable bonds is 8. The number of benzene rings is 1. The van der Waals surface area contributed by atoms with E-state index in [2.05, 4.69) is 42.4 Å². The van der Waals surface area contributed by atoms with E-state index in [1.165, 1.54) is 37.0 Å². The van der Waals surface area contributed by atoms with Crippen LogP contribution in [0.4, 0.5) is 0 Å². The lowest BCUT2D eigenvalue weighted by molar-refractivity contribution is 0.330. The van der Waals surface area contributed by atoms with Crippen molar-refractivity contribution in [3.63, 3.8) is 0 Å².